The number of ether oxygens (including phenoxy) is 1. The summed E-state index contributed by atoms with van der Waals surface area (Å²) < 4.78 is 8.22. The molecule has 0 radical (unpaired) electrons. The largest absolute Gasteiger partial charge is 0.489 e. The van der Waals surface area contributed by atoms with Gasteiger partial charge < -0.3 is 14.6 Å². The van der Waals surface area contributed by atoms with Crippen LogP contribution in [0.4, 0.5) is 0 Å². The van der Waals surface area contributed by atoms with Gasteiger partial charge in [-0.3, -0.25) is 0 Å². The highest BCUT2D eigenvalue weighted by molar-refractivity contribution is 5.82. The summed E-state index contributed by atoms with van der Waals surface area (Å²) in [6.45, 7) is 5.39. The van der Waals surface area contributed by atoms with Gasteiger partial charge in [-0.15, -0.1) is 5.92 Å². The van der Waals surface area contributed by atoms with Gasteiger partial charge in [0.1, 0.15) is 12.4 Å². The van der Waals surface area contributed by atoms with Gasteiger partial charge in [-0.05, 0) is 43.7 Å². The zero-order valence-electron chi connectivity index (χ0n) is 15.8. The van der Waals surface area contributed by atoms with Gasteiger partial charge >= 0.3 is 0 Å². The van der Waals surface area contributed by atoms with E-state index in [4.69, 9.17) is 4.74 Å². The molecule has 26 heavy (non-hydrogen) atoms. The molecule has 0 aliphatic heterocycles. The fourth-order valence-electron chi connectivity index (χ4n) is 3.11. The number of hydrogen-bond acceptors (Lipinski definition) is 2. The van der Waals surface area contributed by atoms with Gasteiger partial charge in [-0.1, -0.05) is 36.3 Å². The normalized spacial score (nSPS) is 11.8. The average molecular weight is 346 g/mol. The van der Waals surface area contributed by atoms with Crippen molar-refractivity contribution < 1.29 is 4.74 Å². The Hall–Kier alpha value is -2.70. The highest BCUT2D eigenvalue weighted by atomic mass is 16.5. The molecule has 1 N–H and O–H groups in total. The second kappa shape index (κ2) is 8.60. The molecule has 2 aromatic carbocycles. The first-order chi connectivity index (χ1) is 12.7. The maximum Gasteiger partial charge on any atom is 0.120 e. The second-order valence-electron chi connectivity index (χ2n) is 6.60. The van der Waals surface area contributed by atoms with Crippen molar-refractivity contribution in [1.82, 2.24) is 9.88 Å². The number of aromatic nitrogens is 1. The van der Waals surface area contributed by atoms with E-state index in [-0.39, 0.29) is 0 Å². The Balaban J connectivity index is 1.70. The fourth-order valence-corrected chi connectivity index (χ4v) is 3.11. The van der Waals surface area contributed by atoms with E-state index in [1.54, 1.807) is 0 Å². The first-order valence-electron chi connectivity index (χ1n) is 9.05. The molecule has 1 heterocycles. The lowest BCUT2D eigenvalue weighted by Crippen LogP contribution is -2.29. The van der Waals surface area contributed by atoms with E-state index in [1.165, 1.54) is 22.2 Å². The lowest BCUT2D eigenvalue weighted by Gasteiger charge is -2.12. The lowest BCUT2D eigenvalue weighted by molar-refractivity contribution is 0.306. The molecule has 1 atom stereocenters. The van der Waals surface area contributed by atoms with Gasteiger partial charge in [-0.25, -0.2) is 0 Å². The van der Waals surface area contributed by atoms with Crippen LogP contribution >= 0.6 is 0 Å². The SMILES string of the molecule is CC#CCNC(C)Cc1cc2cc(OCc3ccccc3)ccc2n1C. The van der Waals surface area contributed by atoms with Crippen LogP contribution in [0.2, 0.25) is 0 Å². The molecule has 0 spiro atoms. The van der Waals surface area contributed by atoms with E-state index in [2.05, 4.69) is 66.0 Å². The number of hydrogen-bond donors (Lipinski definition) is 1. The molecule has 1 aromatic heterocycles. The van der Waals surface area contributed by atoms with Crippen LogP contribution < -0.4 is 10.1 Å². The molecule has 1 unspecified atom stereocenters. The van der Waals surface area contributed by atoms with E-state index in [0.717, 1.165) is 18.7 Å². The molecule has 0 aliphatic carbocycles. The zero-order valence-corrected chi connectivity index (χ0v) is 15.8. The van der Waals surface area contributed by atoms with Crippen molar-refractivity contribution in [1.29, 1.82) is 0 Å². The molecular formula is C23H26N2O. The van der Waals surface area contributed by atoms with Gasteiger partial charge in [0, 0.05) is 36.1 Å². The van der Waals surface area contributed by atoms with E-state index >= 15 is 0 Å². The number of nitrogens with zero attached hydrogens (tertiary/aromatic N) is 1. The minimum absolute atomic E-state index is 0.382. The molecule has 3 heteroatoms. The minimum atomic E-state index is 0.382. The van der Waals surface area contributed by atoms with Gasteiger partial charge in [0.25, 0.3) is 0 Å². The van der Waals surface area contributed by atoms with Crippen molar-refractivity contribution in [3.8, 4) is 17.6 Å². The van der Waals surface area contributed by atoms with Crippen LogP contribution in [-0.2, 0) is 20.1 Å². The number of nitrogens with one attached hydrogen (secondary N) is 1. The third-order valence-electron chi connectivity index (χ3n) is 4.59. The van der Waals surface area contributed by atoms with Crippen molar-refractivity contribution in [3.63, 3.8) is 0 Å². The van der Waals surface area contributed by atoms with Crippen molar-refractivity contribution in [2.24, 2.45) is 7.05 Å². The van der Waals surface area contributed by atoms with Gasteiger partial charge in [-0.2, -0.15) is 0 Å². The first-order valence-corrected chi connectivity index (χ1v) is 9.05. The smallest absolute Gasteiger partial charge is 0.120 e. The van der Waals surface area contributed by atoms with Crippen LogP contribution in [0.3, 0.4) is 0 Å². The van der Waals surface area contributed by atoms with Crippen LogP contribution in [0, 0.1) is 11.8 Å². The molecule has 0 fully saturated rings. The summed E-state index contributed by atoms with van der Waals surface area (Å²) >= 11 is 0. The maximum atomic E-state index is 5.96. The Kier molecular flexibility index (Phi) is 5.99. The molecule has 3 rings (SSSR count). The standard InChI is InChI=1S/C23H26N2O/c1-4-5-13-24-18(2)14-21-15-20-16-22(11-12-23(20)25(21)3)26-17-19-9-7-6-8-10-19/h6-12,15-16,18,24H,13-14,17H2,1-3H3. The average Bonchev–Trinajstić information content (AvgIpc) is 2.96. The monoisotopic (exact) mass is 346 g/mol. The Labute approximate surface area is 156 Å². The van der Waals surface area contributed by atoms with E-state index in [1.807, 2.05) is 31.2 Å². The number of rotatable bonds is 7. The third-order valence-corrected chi connectivity index (χ3v) is 4.59. The highest BCUT2D eigenvalue weighted by Crippen LogP contribution is 2.25. The third kappa shape index (κ3) is 4.47. The summed E-state index contributed by atoms with van der Waals surface area (Å²) in [5.74, 6) is 6.88. The summed E-state index contributed by atoms with van der Waals surface area (Å²) in [7, 11) is 2.13. The Morgan fingerprint density at radius 1 is 1.12 bits per heavy atom. The summed E-state index contributed by atoms with van der Waals surface area (Å²) in [6.07, 6.45) is 0.969. The van der Waals surface area contributed by atoms with Gasteiger partial charge in [0.15, 0.2) is 0 Å². The molecular weight excluding hydrogens is 320 g/mol. The molecule has 0 bridgehead atoms. The van der Waals surface area contributed by atoms with Crippen LogP contribution in [0.15, 0.2) is 54.6 Å². The Bertz CT molecular complexity index is 916. The van der Waals surface area contributed by atoms with Crippen molar-refractivity contribution in [2.75, 3.05) is 6.54 Å². The summed E-state index contributed by atoms with van der Waals surface area (Å²) in [4.78, 5) is 0. The summed E-state index contributed by atoms with van der Waals surface area (Å²) in [5, 5.41) is 4.66. The molecule has 134 valence electrons. The zero-order chi connectivity index (χ0) is 18.4. The van der Waals surface area contributed by atoms with Gasteiger partial charge in [0.05, 0.1) is 6.54 Å². The lowest BCUT2D eigenvalue weighted by atomic mass is 10.1. The molecule has 0 aliphatic rings. The van der Waals surface area contributed by atoms with Gasteiger partial charge in [0.2, 0.25) is 0 Å². The molecule has 0 saturated carbocycles. The molecule has 0 saturated heterocycles. The Morgan fingerprint density at radius 2 is 1.92 bits per heavy atom. The van der Waals surface area contributed by atoms with Crippen LogP contribution in [-0.4, -0.2) is 17.2 Å². The summed E-state index contributed by atoms with van der Waals surface area (Å²) in [5.41, 5.74) is 3.72. The van der Waals surface area contributed by atoms with Crippen molar-refractivity contribution in [3.05, 3.63) is 65.9 Å². The summed E-state index contributed by atoms with van der Waals surface area (Å²) in [6, 6.07) is 19.2. The molecule has 3 aromatic rings. The predicted molar refractivity (Wildman–Crippen MR) is 108 cm³/mol. The second-order valence-corrected chi connectivity index (χ2v) is 6.60. The highest BCUT2D eigenvalue weighted by Gasteiger charge is 2.10. The first kappa shape index (κ1) is 18.1. The predicted octanol–water partition coefficient (Wildman–Crippen LogP) is 4.30. The number of aryl methyl sites for hydroxylation is 1. The quantitative estimate of drug-likeness (QED) is 0.646. The fraction of sp³-hybridized carbons (Fsp3) is 0.304. The number of benzene rings is 2. The Morgan fingerprint density at radius 3 is 2.69 bits per heavy atom. The van der Waals surface area contributed by atoms with Crippen LogP contribution in [0.25, 0.3) is 10.9 Å². The molecule has 0 amide bonds. The topological polar surface area (TPSA) is 26.2 Å². The van der Waals surface area contributed by atoms with Crippen LogP contribution in [0.5, 0.6) is 5.75 Å². The van der Waals surface area contributed by atoms with E-state index in [9.17, 15) is 0 Å². The van der Waals surface area contributed by atoms with Crippen molar-refractivity contribution in [2.45, 2.75) is 32.9 Å². The molecule has 3 nitrogen and oxygen atoms in total. The van der Waals surface area contributed by atoms with E-state index in [0.29, 0.717) is 12.6 Å². The van der Waals surface area contributed by atoms with Crippen molar-refractivity contribution >= 4 is 10.9 Å². The van der Waals surface area contributed by atoms with E-state index < -0.39 is 0 Å². The maximum absolute atomic E-state index is 5.96. The number of fused-ring (bicyclic) bond motifs is 1. The minimum Gasteiger partial charge on any atom is -0.489 e. The van der Waals surface area contributed by atoms with Crippen LogP contribution in [0.1, 0.15) is 25.1 Å².